The van der Waals surface area contributed by atoms with Crippen LogP contribution < -0.4 is 5.56 Å². The molecule has 1 N–H and O–H groups in total. The van der Waals surface area contributed by atoms with Crippen LogP contribution in [0.25, 0.3) is 0 Å². The van der Waals surface area contributed by atoms with Crippen molar-refractivity contribution < 1.29 is 9.90 Å². The number of carbonyl (C=O) groups excluding carboxylic acids is 1. The molecule has 0 radical (unpaired) electrons. The monoisotopic (exact) mass is 318 g/mol. The van der Waals surface area contributed by atoms with Gasteiger partial charge in [-0.05, 0) is 24.8 Å². The van der Waals surface area contributed by atoms with E-state index in [1.54, 1.807) is 6.92 Å². The fraction of sp³-hybridized carbons (Fsp3) is 0.611. The van der Waals surface area contributed by atoms with Crippen molar-refractivity contribution >= 4 is 5.78 Å². The van der Waals surface area contributed by atoms with Crippen molar-refractivity contribution in [3.05, 3.63) is 27.0 Å². The minimum Gasteiger partial charge on any atom is -0.494 e. The Hall–Kier alpha value is -2.09. The molecule has 0 saturated carbocycles. The third-order valence-corrected chi connectivity index (χ3v) is 3.91. The summed E-state index contributed by atoms with van der Waals surface area (Å²) in [7, 11) is 0. The van der Waals surface area contributed by atoms with Crippen LogP contribution in [0.2, 0.25) is 0 Å². The van der Waals surface area contributed by atoms with Gasteiger partial charge in [-0.1, -0.05) is 40.0 Å². The number of pyridine rings is 1. The van der Waals surface area contributed by atoms with Crippen molar-refractivity contribution in [1.82, 2.24) is 4.57 Å². The van der Waals surface area contributed by atoms with Crippen LogP contribution in [0.15, 0.2) is 4.79 Å². The quantitative estimate of drug-likeness (QED) is 0.587. The summed E-state index contributed by atoms with van der Waals surface area (Å²) >= 11 is 0. The minimum atomic E-state index is -0.514. The van der Waals surface area contributed by atoms with Crippen LogP contribution in [0.1, 0.15) is 74.4 Å². The molecular formula is C18H26N2O3. The Kier molecular flexibility index (Phi) is 7.02. The van der Waals surface area contributed by atoms with Crippen LogP contribution in [-0.4, -0.2) is 15.5 Å². The molecule has 0 unspecified atom stereocenters. The van der Waals surface area contributed by atoms with Crippen molar-refractivity contribution in [2.24, 2.45) is 5.92 Å². The number of nitriles is 1. The first-order valence-corrected chi connectivity index (χ1v) is 8.24. The molecule has 5 heteroatoms. The van der Waals surface area contributed by atoms with Gasteiger partial charge in [-0.25, -0.2) is 0 Å². The van der Waals surface area contributed by atoms with Gasteiger partial charge < -0.3 is 5.11 Å². The number of rotatable bonds is 8. The smallest absolute Gasteiger partial charge is 0.271 e. The van der Waals surface area contributed by atoms with E-state index in [0.29, 0.717) is 6.54 Å². The Morgan fingerprint density at radius 2 is 1.96 bits per heavy atom. The number of carbonyl (C=O) groups is 1. The molecule has 1 aromatic heterocycles. The molecule has 0 aliphatic heterocycles. The maximum absolute atomic E-state index is 12.4. The molecule has 0 aromatic carbocycles. The van der Waals surface area contributed by atoms with Gasteiger partial charge in [-0.15, -0.1) is 0 Å². The second-order valence-electron chi connectivity index (χ2n) is 6.35. The number of unbranched alkanes of at least 4 members (excludes halogenated alkanes) is 3. The lowest BCUT2D eigenvalue weighted by Crippen LogP contribution is -2.27. The maximum atomic E-state index is 12.4. The molecule has 1 rings (SSSR count). The van der Waals surface area contributed by atoms with E-state index in [2.05, 4.69) is 6.92 Å². The zero-order chi connectivity index (χ0) is 17.6. The predicted octanol–water partition coefficient (Wildman–Crippen LogP) is 3.54. The number of hydrogen-bond acceptors (Lipinski definition) is 4. The van der Waals surface area contributed by atoms with Gasteiger partial charge in [0.25, 0.3) is 5.56 Å². The van der Waals surface area contributed by atoms with Crippen molar-refractivity contribution in [3.8, 4) is 11.9 Å². The van der Waals surface area contributed by atoms with E-state index in [4.69, 9.17) is 0 Å². The number of aromatic nitrogens is 1. The molecular weight excluding hydrogens is 292 g/mol. The lowest BCUT2D eigenvalue weighted by Gasteiger charge is -2.16. The summed E-state index contributed by atoms with van der Waals surface area (Å²) in [6, 6.07) is 1.88. The van der Waals surface area contributed by atoms with Gasteiger partial charge in [-0.3, -0.25) is 14.2 Å². The Morgan fingerprint density at radius 3 is 2.48 bits per heavy atom. The molecule has 0 atom stereocenters. The molecule has 0 spiro atoms. The number of ketones is 1. The van der Waals surface area contributed by atoms with Gasteiger partial charge in [0, 0.05) is 13.0 Å². The van der Waals surface area contributed by atoms with Crippen LogP contribution in [0, 0.1) is 24.2 Å². The molecule has 0 fully saturated rings. The Morgan fingerprint density at radius 1 is 1.30 bits per heavy atom. The molecule has 0 aliphatic carbocycles. The van der Waals surface area contributed by atoms with Gasteiger partial charge in [0.2, 0.25) is 5.88 Å². The third-order valence-electron chi connectivity index (χ3n) is 3.91. The maximum Gasteiger partial charge on any atom is 0.271 e. The first-order chi connectivity index (χ1) is 10.8. The van der Waals surface area contributed by atoms with Crippen molar-refractivity contribution in [1.29, 1.82) is 5.26 Å². The van der Waals surface area contributed by atoms with Crippen molar-refractivity contribution in [2.75, 3.05) is 0 Å². The van der Waals surface area contributed by atoms with Crippen LogP contribution in [0.5, 0.6) is 5.88 Å². The number of nitrogens with zero attached hydrogens (tertiary/aromatic N) is 2. The normalized spacial score (nSPS) is 10.8. The molecule has 0 bridgehead atoms. The molecule has 0 aliphatic rings. The lowest BCUT2D eigenvalue weighted by atomic mass is 9.96. The van der Waals surface area contributed by atoms with E-state index in [0.717, 1.165) is 25.7 Å². The highest BCUT2D eigenvalue weighted by molar-refractivity contribution is 6.00. The average molecular weight is 318 g/mol. The summed E-state index contributed by atoms with van der Waals surface area (Å²) in [4.78, 5) is 24.8. The Labute approximate surface area is 137 Å². The second kappa shape index (κ2) is 8.52. The van der Waals surface area contributed by atoms with Crippen LogP contribution in [0.3, 0.4) is 0 Å². The molecule has 126 valence electrons. The molecule has 0 saturated heterocycles. The highest BCUT2D eigenvalue weighted by atomic mass is 16.3. The minimum absolute atomic E-state index is 0.0506. The summed E-state index contributed by atoms with van der Waals surface area (Å²) in [5, 5.41) is 19.7. The summed E-state index contributed by atoms with van der Waals surface area (Å²) in [6.07, 6.45) is 4.05. The molecule has 1 heterocycles. The van der Waals surface area contributed by atoms with Gasteiger partial charge in [0.15, 0.2) is 5.78 Å². The Balaban J connectivity index is 3.33. The SMILES string of the molecule is CCCCCCn1c(O)c(C(=O)CC(C)C)c(C)c(C#N)c1=O. The van der Waals surface area contributed by atoms with Crippen LogP contribution in [-0.2, 0) is 6.54 Å². The summed E-state index contributed by atoms with van der Waals surface area (Å²) in [5.41, 5.74) is -0.165. The van der Waals surface area contributed by atoms with E-state index in [9.17, 15) is 20.0 Å². The van der Waals surface area contributed by atoms with Crippen LogP contribution in [0.4, 0.5) is 0 Å². The highest BCUT2D eigenvalue weighted by Gasteiger charge is 2.23. The van der Waals surface area contributed by atoms with Crippen molar-refractivity contribution in [2.45, 2.75) is 66.3 Å². The molecule has 23 heavy (non-hydrogen) atoms. The number of Topliss-reactive ketones (excluding diaryl/α,β-unsaturated/α-hetero) is 1. The first kappa shape index (κ1) is 19.0. The van der Waals surface area contributed by atoms with E-state index < -0.39 is 5.56 Å². The zero-order valence-corrected chi connectivity index (χ0v) is 14.5. The van der Waals surface area contributed by atoms with Gasteiger partial charge in [0.1, 0.15) is 11.6 Å². The van der Waals surface area contributed by atoms with Crippen LogP contribution >= 0.6 is 0 Å². The molecule has 0 amide bonds. The number of aromatic hydroxyl groups is 1. The average Bonchev–Trinajstić information content (AvgIpc) is 2.46. The zero-order valence-electron chi connectivity index (χ0n) is 14.5. The summed E-state index contributed by atoms with van der Waals surface area (Å²) < 4.78 is 1.18. The fourth-order valence-corrected chi connectivity index (χ4v) is 2.66. The first-order valence-electron chi connectivity index (χ1n) is 8.24. The molecule has 5 nitrogen and oxygen atoms in total. The van der Waals surface area contributed by atoms with E-state index in [-0.39, 0.29) is 40.7 Å². The van der Waals surface area contributed by atoms with E-state index in [1.807, 2.05) is 19.9 Å². The topological polar surface area (TPSA) is 83.1 Å². The summed E-state index contributed by atoms with van der Waals surface area (Å²) in [6.45, 7) is 7.79. The molecule has 1 aromatic rings. The lowest BCUT2D eigenvalue weighted by molar-refractivity contribution is 0.0962. The second-order valence-corrected chi connectivity index (χ2v) is 6.35. The van der Waals surface area contributed by atoms with Crippen molar-refractivity contribution in [3.63, 3.8) is 0 Å². The fourth-order valence-electron chi connectivity index (χ4n) is 2.66. The largest absolute Gasteiger partial charge is 0.494 e. The standard InChI is InChI=1S/C18H26N2O3/c1-5-6-7-8-9-20-17(22)14(11-19)13(4)16(18(20)23)15(21)10-12(2)3/h12,23H,5-10H2,1-4H3. The van der Waals surface area contributed by atoms with E-state index in [1.165, 1.54) is 4.57 Å². The number of hydrogen-bond donors (Lipinski definition) is 1. The van der Waals surface area contributed by atoms with Gasteiger partial charge in [0.05, 0.1) is 5.56 Å². The third kappa shape index (κ3) is 4.44. The summed E-state index contributed by atoms with van der Waals surface area (Å²) in [5.74, 6) is -0.390. The predicted molar refractivity (Wildman–Crippen MR) is 89.7 cm³/mol. The highest BCUT2D eigenvalue weighted by Crippen LogP contribution is 2.25. The van der Waals surface area contributed by atoms with Gasteiger partial charge >= 0.3 is 0 Å². The Bertz CT molecular complexity index is 666. The van der Waals surface area contributed by atoms with Gasteiger partial charge in [-0.2, -0.15) is 5.26 Å². The van der Waals surface area contributed by atoms with E-state index >= 15 is 0 Å².